The summed E-state index contributed by atoms with van der Waals surface area (Å²) in [6.07, 6.45) is -0.445. The minimum atomic E-state index is -2.22. The van der Waals surface area contributed by atoms with Gasteiger partial charge < -0.3 is 15.6 Å². The molecule has 78 valence electrons. The van der Waals surface area contributed by atoms with E-state index in [0.29, 0.717) is 5.56 Å². The molecule has 0 saturated carbocycles. The molecule has 1 heterocycles. The van der Waals surface area contributed by atoms with Gasteiger partial charge in [0, 0.05) is 0 Å². The van der Waals surface area contributed by atoms with Gasteiger partial charge in [-0.15, -0.1) is 0 Å². The predicted octanol–water partition coefficient (Wildman–Crippen LogP) is -0.174. The molecule has 0 fully saturated rings. The van der Waals surface area contributed by atoms with Gasteiger partial charge in [-0.1, -0.05) is 12.1 Å². The van der Waals surface area contributed by atoms with E-state index in [0.717, 1.165) is 0 Å². The van der Waals surface area contributed by atoms with Crippen LogP contribution in [-0.4, -0.2) is 22.6 Å². The molecule has 15 heavy (non-hydrogen) atoms. The molecule has 0 bridgehead atoms. The van der Waals surface area contributed by atoms with Gasteiger partial charge in [-0.05, 0) is 12.1 Å². The van der Waals surface area contributed by atoms with Crippen molar-refractivity contribution >= 4 is 11.7 Å². The predicted molar refractivity (Wildman–Crippen MR) is 50.2 cm³/mol. The molecule has 1 aromatic carbocycles. The number of primary amides is 1. The highest BCUT2D eigenvalue weighted by molar-refractivity contribution is 6.03. The number of Topliss-reactive ketones (excluding diaryl/α,β-unsaturated/α-hetero) is 1. The second kappa shape index (κ2) is 3.06. The Hall–Kier alpha value is -1.88. The van der Waals surface area contributed by atoms with Gasteiger partial charge in [-0.3, -0.25) is 9.59 Å². The molecule has 1 aromatic rings. The first kappa shape index (κ1) is 9.67. The zero-order valence-corrected chi connectivity index (χ0v) is 7.77. The van der Waals surface area contributed by atoms with Crippen LogP contribution in [0.15, 0.2) is 24.3 Å². The number of nitrogens with two attached hydrogens (primary N) is 1. The number of aliphatic hydroxyl groups is 1. The number of fused-ring (bicyclic) bond motifs is 1. The lowest BCUT2D eigenvalue weighted by Crippen LogP contribution is -2.52. The monoisotopic (exact) mass is 207 g/mol. The number of benzene rings is 1. The standard InChI is InChI=1S/C10H9NO4/c11-9(13)10(14)5-7(12)6-3-1-2-4-8(6)15-10/h1-4,14H,5H2,(H2,11,13). The zero-order valence-electron chi connectivity index (χ0n) is 7.77. The number of ether oxygens (including phenoxy) is 1. The van der Waals surface area contributed by atoms with Crippen LogP contribution in [-0.2, 0) is 4.79 Å². The number of ketones is 1. The molecule has 1 atom stereocenters. The molecule has 0 radical (unpaired) electrons. The van der Waals surface area contributed by atoms with Crippen LogP contribution >= 0.6 is 0 Å². The Morgan fingerprint density at radius 3 is 2.80 bits per heavy atom. The van der Waals surface area contributed by atoms with Crippen molar-refractivity contribution in [3.8, 4) is 5.75 Å². The summed E-state index contributed by atoms with van der Waals surface area (Å²) >= 11 is 0. The average molecular weight is 207 g/mol. The first-order chi connectivity index (χ1) is 7.03. The number of carbonyl (C=O) groups is 2. The highest BCUT2D eigenvalue weighted by Crippen LogP contribution is 2.31. The van der Waals surface area contributed by atoms with E-state index < -0.39 is 18.1 Å². The van der Waals surface area contributed by atoms with Crippen LogP contribution < -0.4 is 10.5 Å². The van der Waals surface area contributed by atoms with Crippen LogP contribution in [0, 0.1) is 0 Å². The maximum atomic E-state index is 11.6. The van der Waals surface area contributed by atoms with E-state index in [-0.39, 0.29) is 11.5 Å². The van der Waals surface area contributed by atoms with Gasteiger partial charge in [0.2, 0.25) is 0 Å². The van der Waals surface area contributed by atoms with Gasteiger partial charge in [0.05, 0.1) is 12.0 Å². The minimum Gasteiger partial charge on any atom is -0.452 e. The Balaban J connectivity index is 2.47. The van der Waals surface area contributed by atoms with E-state index in [9.17, 15) is 14.7 Å². The van der Waals surface area contributed by atoms with Crippen molar-refractivity contribution in [3.05, 3.63) is 29.8 Å². The maximum Gasteiger partial charge on any atom is 0.295 e. The highest BCUT2D eigenvalue weighted by Gasteiger charge is 2.43. The molecule has 5 nitrogen and oxygen atoms in total. The Kier molecular flexibility index (Phi) is 1.97. The molecule has 0 aromatic heterocycles. The summed E-state index contributed by atoms with van der Waals surface area (Å²) in [4.78, 5) is 22.5. The maximum absolute atomic E-state index is 11.6. The summed E-state index contributed by atoms with van der Waals surface area (Å²) in [5.41, 5.74) is 5.31. The Bertz CT molecular complexity index is 443. The molecule has 1 aliphatic rings. The lowest BCUT2D eigenvalue weighted by Gasteiger charge is -2.30. The highest BCUT2D eigenvalue weighted by atomic mass is 16.6. The van der Waals surface area contributed by atoms with Crippen molar-refractivity contribution in [3.63, 3.8) is 0 Å². The molecule has 1 aliphatic heterocycles. The molecular formula is C10H9NO4. The van der Waals surface area contributed by atoms with Crippen LogP contribution in [0.2, 0.25) is 0 Å². The van der Waals surface area contributed by atoms with Crippen molar-refractivity contribution in [2.24, 2.45) is 5.73 Å². The van der Waals surface area contributed by atoms with E-state index in [2.05, 4.69) is 0 Å². The Morgan fingerprint density at radius 2 is 2.13 bits per heavy atom. The summed E-state index contributed by atoms with van der Waals surface area (Å²) in [7, 11) is 0. The molecule has 0 spiro atoms. The molecular weight excluding hydrogens is 198 g/mol. The van der Waals surface area contributed by atoms with Crippen molar-refractivity contribution in [2.45, 2.75) is 12.2 Å². The number of hydrogen-bond acceptors (Lipinski definition) is 4. The smallest absolute Gasteiger partial charge is 0.295 e. The lowest BCUT2D eigenvalue weighted by atomic mass is 9.98. The number of carbonyl (C=O) groups excluding carboxylic acids is 2. The molecule has 3 N–H and O–H groups in total. The van der Waals surface area contributed by atoms with E-state index in [4.69, 9.17) is 10.5 Å². The van der Waals surface area contributed by atoms with Crippen LogP contribution in [0.3, 0.4) is 0 Å². The number of rotatable bonds is 1. The first-order valence-electron chi connectivity index (χ1n) is 4.36. The van der Waals surface area contributed by atoms with Crippen LogP contribution in [0.25, 0.3) is 0 Å². The van der Waals surface area contributed by atoms with Crippen LogP contribution in [0.1, 0.15) is 16.8 Å². The molecule has 1 unspecified atom stereocenters. The van der Waals surface area contributed by atoms with E-state index in [1.807, 2.05) is 0 Å². The van der Waals surface area contributed by atoms with Crippen molar-refractivity contribution in [1.82, 2.24) is 0 Å². The molecule has 0 aliphatic carbocycles. The molecule has 1 amide bonds. The summed E-state index contributed by atoms with van der Waals surface area (Å²) in [6.45, 7) is 0. The largest absolute Gasteiger partial charge is 0.452 e. The third-order valence-electron chi connectivity index (χ3n) is 2.25. The second-order valence-electron chi connectivity index (χ2n) is 3.35. The third kappa shape index (κ3) is 1.46. The SMILES string of the molecule is NC(=O)C1(O)CC(=O)c2ccccc2O1. The molecule has 2 rings (SSSR count). The van der Waals surface area contributed by atoms with E-state index in [1.165, 1.54) is 6.07 Å². The third-order valence-corrected chi connectivity index (χ3v) is 2.25. The normalized spacial score (nSPS) is 24.2. The number of para-hydroxylation sites is 1. The van der Waals surface area contributed by atoms with Gasteiger partial charge >= 0.3 is 0 Å². The quantitative estimate of drug-likeness (QED) is 0.668. The van der Waals surface area contributed by atoms with E-state index >= 15 is 0 Å². The van der Waals surface area contributed by atoms with Crippen molar-refractivity contribution in [1.29, 1.82) is 0 Å². The Labute approximate surface area is 85.5 Å². The molecule has 5 heteroatoms. The van der Waals surface area contributed by atoms with Crippen molar-refractivity contribution < 1.29 is 19.4 Å². The first-order valence-corrected chi connectivity index (χ1v) is 4.36. The fourth-order valence-electron chi connectivity index (χ4n) is 1.45. The summed E-state index contributed by atoms with van der Waals surface area (Å²) < 4.78 is 5.01. The number of amides is 1. The Morgan fingerprint density at radius 1 is 1.47 bits per heavy atom. The summed E-state index contributed by atoms with van der Waals surface area (Å²) in [5, 5.41) is 9.65. The topological polar surface area (TPSA) is 89.6 Å². The summed E-state index contributed by atoms with van der Waals surface area (Å²) in [6, 6.07) is 6.38. The van der Waals surface area contributed by atoms with Gasteiger partial charge in [-0.2, -0.15) is 0 Å². The van der Waals surface area contributed by atoms with Gasteiger partial charge in [0.15, 0.2) is 5.78 Å². The minimum absolute atomic E-state index is 0.176. The van der Waals surface area contributed by atoms with Crippen LogP contribution in [0.5, 0.6) is 5.75 Å². The van der Waals surface area contributed by atoms with Gasteiger partial charge in [0.1, 0.15) is 5.75 Å². The van der Waals surface area contributed by atoms with Gasteiger partial charge in [0.25, 0.3) is 11.7 Å². The fourth-order valence-corrected chi connectivity index (χ4v) is 1.45. The van der Waals surface area contributed by atoms with E-state index in [1.54, 1.807) is 18.2 Å². The average Bonchev–Trinajstić information content (AvgIpc) is 2.17. The van der Waals surface area contributed by atoms with Crippen LogP contribution in [0.4, 0.5) is 0 Å². The molecule has 0 saturated heterocycles. The second-order valence-corrected chi connectivity index (χ2v) is 3.35. The summed E-state index contributed by atoms with van der Waals surface area (Å²) in [5.74, 6) is -3.47. The zero-order chi connectivity index (χ0) is 11.1. The number of hydrogen-bond donors (Lipinski definition) is 2. The van der Waals surface area contributed by atoms with Gasteiger partial charge in [-0.25, -0.2) is 0 Å². The lowest BCUT2D eigenvalue weighted by molar-refractivity contribution is -0.172. The van der Waals surface area contributed by atoms with Crippen molar-refractivity contribution in [2.75, 3.05) is 0 Å². The fraction of sp³-hybridized carbons (Fsp3) is 0.200.